The van der Waals surface area contributed by atoms with Gasteiger partial charge in [0.2, 0.25) is 5.91 Å². The average molecular weight is 442 g/mol. The van der Waals surface area contributed by atoms with Crippen molar-refractivity contribution in [2.45, 2.75) is 58.0 Å². The molecule has 6 nitrogen and oxygen atoms in total. The van der Waals surface area contributed by atoms with Gasteiger partial charge in [0.05, 0.1) is 6.04 Å². The lowest BCUT2D eigenvalue weighted by Gasteiger charge is -2.31. The van der Waals surface area contributed by atoms with Crippen molar-refractivity contribution in [2.75, 3.05) is 33.8 Å². The molecule has 2 N–H and O–H groups in total. The number of likely N-dealkylation sites (tertiary alicyclic amines) is 1. The van der Waals surface area contributed by atoms with Gasteiger partial charge in [-0.25, -0.2) is 4.79 Å². The Balaban J connectivity index is 1.72. The second-order valence-corrected chi connectivity index (χ2v) is 9.77. The van der Waals surface area contributed by atoms with Gasteiger partial charge in [0.25, 0.3) is 0 Å². The Morgan fingerprint density at radius 2 is 1.88 bits per heavy atom. The third-order valence-corrected chi connectivity index (χ3v) is 7.25. The minimum atomic E-state index is -0.524. The monoisotopic (exact) mass is 441 g/mol. The molecule has 6 heteroatoms. The van der Waals surface area contributed by atoms with Gasteiger partial charge >= 0.3 is 5.97 Å². The van der Waals surface area contributed by atoms with Gasteiger partial charge in [-0.05, 0) is 69.3 Å². The fourth-order valence-electron chi connectivity index (χ4n) is 5.38. The molecule has 1 saturated heterocycles. The number of likely N-dealkylation sites (N-methyl/N-ethyl adjacent to an activating group) is 1. The van der Waals surface area contributed by atoms with Crippen LogP contribution in [0.4, 0.5) is 0 Å². The molecular formula is C26H39N3O3. The van der Waals surface area contributed by atoms with Gasteiger partial charge in [-0.3, -0.25) is 4.79 Å². The van der Waals surface area contributed by atoms with E-state index in [2.05, 4.69) is 24.1 Å². The predicted octanol–water partition coefficient (Wildman–Crippen LogP) is 3.16. The fourth-order valence-corrected chi connectivity index (χ4v) is 5.38. The minimum Gasteiger partial charge on any atom is -0.459 e. The molecule has 3 rings (SSSR count). The first-order chi connectivity index (χ1) is 15.3. The molecule has 3 atom stereocenters. The summed E-state index contributed by atoms with van der Waals surface area (Å²) in [6, 6.07) is 7.17. The number of rotatable bonds is 9. The van der Waals surface area contributed by atoms with E-state index in [1.807, 2.05) is 45.3 Å². The standard InChI is InChI=1S/C26H39N3O3/c1-18-8-10-21(11-9-18)20(3)16-32-25(31)22-14-26(12-6-7-13-26)17-29(22)24(30)23(28-5)19(2)15-27-4/h8-11,19,22-23,27-28H,3,6-7,12-17H2,1-2,4-5H3. The molecule has 176 valence electrons. The van der Waals surface area contributed by atoms with E-state index < -0.39 is 6.04 Å². The van der Waals surface area contributed by atoms with Crippen molar-refractivity contribution in [3.8, 4) is 0 Å². The third kappa shape index (κ3) is 5.41. The van der Waals surface area contributed by atoms with Crippen LogP contribution in [0.25, 0.3) is 5.57 Å². The highest BCUT2D eigenvalue weighted by atomic mass is 16.5. The molecule has 0 aromatic heterocycles. The Kier molecular flexibility index (Phi) is 8.12. The molecule has 1 aliphatic heterocycles. The molecule has 32 heavy (non-hydrogen) atoms. The highest BCUT2D eigenvalue weighted by Gasteiger charge is 2.51. The summed E-state index contributed by atoms with van der Waals surface area (Å²) in [6.45, 7) is 9.68. The quantitative estimate of drug-likeness (QED) is 0.576. The smallest absolute Gasteiger partial charge is 0.329 e. The van der Waals surface area contributed by atoms with Crippen LogP contribution in [0.3, 0.4) is 0 Å². The molecule has 1 amide bonds. The minimum absolute atomic E-state index is 0.00154. The number of carbonyl (C=O) groups excluding carboxylic acids is 2. The summed E-state index contributed by atoms with van der Waals surface area (Å²) in [4.78, 5) is 28.6. The zero-order valence-electron chi connectivity index (χ0n) is 20.1. The Morgan fingerprint density at radius 1 is 1.22 bits per heavy atom. The van der Waals surface area contributed by atoms with Crippen molar-refractivity contribution in [3.05, 3.63) is 42.0 Å². The van der Waals surface area contributed by atoms with E-state index in [4.69, 9.17) is 4.74 Å². The topological polar surface area (TPSA) is 70.7 Å². The van der Waals surface area contributed by atoms with Crippen LogP contribution in [0.2, 0.25) is 0 Å². The second-order valence-electron chi connectivity index (χ2n) is 9.77. The van der Waals surface area contributed by atoms with Crippen molar-refractivity contribution in [1.29, 1.82) is 0 Å². The number of aryl methyl sites for hydroxylation is 1. The number of benzene rings is 1. The predicted molar refractivity (Wildman–Crippen MR) is 128 cm³/mol. The number of hydrogen-bond acceptors (Lipinski definition) is 5. The maximum absolute atomic E-state index is 13.5. The zero-order chi connectivity index (χ0) is 23.3. The van der Waals surface area contributed by atoms with Gasteiger partial charge < -0.3 is 20.3 Å². The van der Waals surface area contributed by atoms with Gasteiger partial charge in [0.15, 0.2) is 0 Å². The molecule has 1 saturated carbocycles. The van der Waals surface area contributed by atoms with Gasteiger partial charge in [-0.1, -0.05) is 56.2 Å². The van der Waals surface area contributed by atoms with Crippen molar-refractivity contribution >= 4 is 17.4 Å². The second kappa shape index (κ2) is 10.6. The molecule has 0 bridgehead atoms. The normalized spacial score (nSPS) is 21.5. The van der Waals surface area contributed by atoms with Crippen LogP contribution in [0.5, 0.6) is 0 Å². The van der Waals surface area contributed by atoms with Crippen molar-refractivity contribution in [1.82, 2.24) is 15.5 Å². The molecule has 3 unspecified atom stereocenters. The molecule has 1 aromatic rings. The molecule has 1 heterocycles. The summed E-state index contributed by atoms with van der Waals surface area (Å²) >= 11 is 0. The lowest BCUT2D eigenvalue weighted by atomic mass is 9.84. The number of carbonyl (C=O) groups is 2. The highest BCUT2D eigenvalue weighted by molar-refractivity contribution is 5.89. The van der Waals surface area contributed by atoms with Gasteiger partial charge in [-0.2, -0.15) is 0 Å². The van der Waals surface area contributed by atoms with Crippen molar-refractivity contribution in [3.63, 3.8) is 0 Å². The van der Waals surface area contributed by atoms with Crippen LogP contribution in [0.15, 0.2) is 30.8 Å². The first kappa shape index (κ1) is 24.5. The van der Waals surface area contributed by atoms with Crippen LogP contribution in [0, 0.1) is 18.3 Å². The molecule has 2 fully saturated rings. The SMILES string of the molecule is C=C(COC(=O)C1CC2(CCCC2)CN1C(=O)C(NC)C(C)CNC)c1ccc(C)cc1. The zero-order valence-corrected chi connectivity index (χ0v) is 20.1. The van der Waals surface area contributed by atoms with Crippen LogP contribution < -0.4 is 10.6 Å². The summed E-state index contributed by atoms with van der Waals surface area (Å²) in [7, 11) is 3.70. The molecule has 1 spiro atoms. The first-order valence-corrected chi connectivity index (χ1v) is 11.8. The number of hydrogen-bond donors (Lipinski definition) is 2. The Bertz CT molecular complexity index is 814. The molecule has 1 aliphatic carbocycles. The Labute approximate surface area is 192 Å². The first-order valence-electron chi connectivity index (χ1n) is 11.8. The molecule has 0 radical (unpaired) electrons. The number of nitrogens with one attached hydrogen (secondary N) is 2. The third-order valence-electron chi connectivity index (χ3n) is 7.25. The van der Waals surface area contributed by atoms with Crippen LogP contribution >= 0.6 is 0 Å². The summed E-state index contributed by atoms with van der Waals surface area (Å²) in [6.07, 6.45) is 5.19. The Morgan fingerprint density at radius 3 is 2.47 bits per heavy atom. The van der Waals surface area contributed by atoms with Crippen molar-refractivity contribution in [2.24, 2.45) is 11.3 Å². The summed E-state index contributed by atoms with van der Waals surface area (Å²) in [5, 5.41) is 6.33. The summed E-state index contributed by atoms with van der Waals surface area (Å²) in [5.74, 6) is -0.208. The van der Waals surface area contributed by atoms with Gasteiger partial charge in [0, 0.05) is 6.54 Å². The van der Waals surface area contributed by atoms with E-state index in [0.717, 1.165) is 30.5 Å². The van der Waals surface area contributed by atoms with E-state index >= 15 is 0 Å². The van der Waals surface area contributed by atoms with E-state index in [0.29, 0.717) is 13.0 Å². The van der Waals surface area contributed by atoms with Crippen LogP contribution in [-0.2, 0) is 14.3 Å². The van der Waals surface area contributed by atoms with E-state index in [1.165, 1.54) is 18.4 Å². The van der Waals surface area contributed by atoms with Crippen LogP contribution in [-0.4, -0.2) is 62.7 Å². The van der Waals surface area contributed by atoms with E-state index in [-0.39, 0.29) is 35.9 Å². The fraction of sp³-hybridized carbons (Fsp3) is 0.615. The maximum atomic E-state index is 13.5. The van der Waals surface area contributed by atoms with E-state index in [1.54, 1.807) is 4.90 Å². The number of ether oxygens (including phenoxy) is 1. The van der Waals surface area contributed by atoms with Crippen LogP contribution in [0.1, 0.15) is 50.2 Å². The maximum Gasteiger partial charge on any atom is 0.329 e. The molecule has 1 aromatic carbocycles. The highest BCUT2D eigenvalue weighted by Crippen LogP contribution is 2.48. The number of esters is 1. The number of nitrogens with zero attached hydrogens (tertiary/aromatic N) is 1. The molecule has 2 aliphatic rings. The lowest BCUT2D eigenvalue weighted by molar-refractivity contribution is -0.153. The average Bonchev–Trinajstić information content (AvgIpc) is 3.40. The number of amides is 1. The van der Waals surface area contributed by atoms with Crippen molar-refractivity contribution < 1.29 is 14.3 Å². The van der Waals surface area contributed by atoms with E-state index in [9.17, 15) is 9.59 Å². The molecular weight excluding hydrogens is 402 g/mol. The van der Waals surface area contributed by atoms with Gasteiger partial charge in [0.1, 0.15) is 12.6 Å². The largest absolute Gasteiger partial charge is 0.459 e. The Hall–Kier alpha value is -2.18. The summed E-state index contributed by atoms with van der Waals surface area (Å²) in [5.41, 5.74) is 2.96. The lowest BCUT2D eigenvalue weighted by Crippen LogP contribution is -2.53. The summed E-state index contributed by atoms with van der Waals surface area (Å²) < 4.78 is 5.71. The van der Waals surface area contributed by atoms with Gasteiger partial charge in [-0.15, -0.1) is 0 Å².